The monoisotopic (exact) mass is 191 g/mol. The maximum Gasteiger partial charge on any atom is 0.240 e. The summed E-state index contributed by atoms with van der Waals surface area (Å²) in [5, 5.41) is 4.09. The van der Waals surface area contributed by atoms with E-state index in [9.17, 15) is 0 Å². The van der Waals surface area contributed by atoms with Gasteiger partial charge in [-0.25, -0.2) is 4.98 Å². The Labute approximate surface area is 82.0 Å². The fourth-order valence-corrected chi connectivity index (χ4v) is 1.39. The zero-order valence-electron chi connectivity index (χ0n) is 8.31. The van der Waals surface area contributed by atoms with Crippen molar-refractivity contribution in [2.45, 2.75) is 20.3 Å². The highest BCUT2D eigenvalue weighted by molar-refractivity contribution is 5.40. The number of hydrogen-bond donors (Lipinski definition) is 1. The molecule has 14 heavy (non-hydrogen) atoms. The lowest BCUT2D eigenvalue weighted by Gasteiger charge is -2.04. The van der Waals surface area contributed by atoms with Crippen LogP contribution in [0.1, 0.15) is 19.7 Å². The van der Waals surface area contributed by atoms with Crippen LogP contribution in [0.2, 0.25) is 0 Å². The summed E-state index contributed by atoms with van der Waals surface area (Å²) in [5.74, 6) is 1.74. The molecule has 0 aliphatic heterocycles. The van der Waals surface area contributed by atoms with E-state index in [-0.39, 0.29) is 0 Å². The zero-order valence-corrected chi connectivity index (χ0v) is 8.31. The van der Waals surface area contributed by atoms with E-state index in [1.165, 1.54) is 0 Å². The van der Waals surface area contributed by atoms with Gasteiger partial charge in [-0.3, -0.25) is 0 Å². The van der Waals surface area contributed by atoms with Crippen LogP contribution in [0.5, 0.6) is 0 Å². The van der Waals surface area contributed by atoms with Gasteiger partial charge in [-0.2, -0.15) is 9.50 Å². The summed E-state index contributed by atoms with van der Waals surface area (Å²) in [4.78, 5) is 8.34. The number of hydrogen-bond acceptors (Lipinski definition) is 4. The second-order valence-corrected chi connectivity index (χ2v) is 3.70. The first-order chi connectivity index (χ1) is 6.66. The molecule has 0 aromatic carbocycles. The average Bonchev–Trinajstić information content (AvgIpc) is 2.45. The Balaban J connectivity index is 2.53. The van der Waals surface area contributed by atoms with E-state index in [4.69, 9.17) is 5.73 Å². The standard InChI is InChI=1S/C9H13N5/c1-6(2)5-8-11-4-3-7-12-9(10)13-14(7)8/h3-4,6H,5H2,1-2H3,(H2,10,13). The van der Waals surface area contributed by atoms with Gasteiger partial charge in [0.15, 0.2) is 5.65 Å². The van der Waals surface area contributed by atoms with E-state index in [0.29, 0.717) is 11.9 Å². The first kappa shape index (κ1) is 8.93. The number of rotatable bonds is 2. The quantitative estimate of drug-likeness (QED) is 0.765. The highest BCUT2D eigenvalue weighted by Crippen LogP contribution is 2.08. The summed E-state index contributed by atoms with van der Waals surface area (Å²) >= 11 is 0. The van der Waals surface area contributed by atoms with Crippen molar-refractivity contribution in [2.24, 2.45) is 5.92 Å². The zero-order chi connectivity index (χ0) is 10.1. The molecular weight excluding hydrogens is 178 g/mol. The van der Waals surface area contributed by atoms with Crippen LogP contribution in [0, 0.1) is 5.92 Å². The lowest BCUT2D eigenvalue weighted by atomic mass is 10.1. The van der Waals surface area contributed by atoms with Gasteiger partial charge in [0.25, 0.3) is 0 Å². The minimum absolute atomic E-state index is 0.294. The van der Waals surface area contributed by atoms with Crippen molar-refractivity contribution in [1.82, 2.24) is 19.6 Å². The van der Waals surface area contributed by atoms with Crippen LogP contribution in [-0.4, -0.2) is 19.6 Å². The molecule has 74 valence electrons. The molecule has 0 atom stereocenters. The lowest BCUT2D eigenvalue weighted by molar-refractivity contribution is 0.603. The Morgan fingerprint density at radius 2 is 2.29 bits per heavy atom. The van der Waals surface area contributed by atoms with E-state index < -0.39 is 0 Å². The van der Waals surface area contributed by atoms with E-state index in [1.807, 2.05) is 0 Å². The normalized spacial score (nSPS) is 11.4. The lowest BCUT2D eigenvalue weighted by Crippen LogP contribution is -2.05. The van der Waals surface area contributed by atoms with Crippen molar-refractivity contribution >= 4 is 11.6 Å². The Bertz CT molecular complexity index is 445. The minimum atomic E-state index is 0.294. The molecule has 2 aromatic rings. The molecule has 0 saturated carbocycles. The Morgan fingerprint density at radius 1 is 1.50 bits per heavy atom. The number of aromatic nitrogens is 4. The molecule has 5 nitrogen and oxygen atoms in total. The molecule has 0 radical (unpaired) electrons. The van der Waals surface area contributed by atoms with Crippen LogP contribution in [0.3, 0.4) is 0 Å². The number of nitrogens with zero attached hydrogens (tertiary/aromatic N) is 4. The highest BCUT2D eigenvalue weighted by Gasteiger charge is 2.07. The fraction of sp³-hybridized carbons (Fsp3) is 0.444. The van der Waals surface area contributed by atoms with Gasteiger partial charge in [-0.05, 0) is 5.92 Å². The third kappa shape index (κ3) is 1.53. The van der Waals surface area contributed by atoms with Crippen LogP contribution >= 0.6 is 0 Å². The summed E-state index contributed by atoms with van der Waals surface area (Å²) in [6.07, 6.45) is 2.61. The van der Waals surface area contributed by atoms with Gasteiger partial charge in [0.1, 0.15) is 5.82 Å². The first-order valence-electron chi connectivity index (χ1n) is 4.63. The van der Waals surface area contributed by atoms with Gasteiger partial charge in [-0.1, -0.05) is 13.8 Å². The molecule has 0 fully saturated rings. The highest BCUT2D eigenvalue weighted by atomic mass is 15.3. The average molecular weight is 191 g/mol. The van der Waals surface area contributed by atoms with Crippen LogP contribution in [0.15, 0.2) is 12.3 Å². The second kappa shape index (κ2) is 3.25. The fourth-order valence-electron chi connectivity index (χ4n) is 1.39. The predicted molar refractivity (Wildman–Crippen MR) is 53.7 cm³/mol. The Hall–Kier alpha value is -1.65. The largest absolute Gasteiger partial charge is 0.366 e. The third-order valence-electron chi connectivity index (χ3n) is 1.93. The first-order valence-corrected chi connectivity index (χ1v) is 4.63. The van der Waals surface area contributed by atoms with Crippen molar-refractivity contribution in [3.05, 3.63) is 18.1 Å². The van der Waals surface area contributed by atoms with E-state index in [1.54, 1.807) is 16.8 Å². The molecule has 0 bridgehead atoms. The van der Waals surface area contributed by atoms with Gasteiger partial charge in [-0.15, -0.1) is 5.10 Å². The van der Waals surface area contributed by atoms with Crippen LogP contribution in [0.4, 0.5) is 5.95 Å². The van der Waals surface area contributed by atoms with Crippen molar-refractivity contribution in [3.8, 4) is 0 Å². The summed E-state index contributed by atoms with van der Waals surface area (Å²) in [6, 6.07) is 1.80. The van der Waals surface area contributed by atoms with Crippen molar-refractivity contribution < 1.29 is 0 Å². The molecule has 0 saturated heterocycles. The number of nitrogen functional groups attached to an aromatic ring is 1. The van der Waals surface area contributed by atoms with Gasteiger partial charge < -0.3 is 5.73 Å². The van der Waals surface area contributed by atoms with E-state index in [2.05, 4.69) is 28.9 Å². The van der Waals surface area contributed by atoms with Crippen molar-refractivity contribution in [3.63, 3.8) is 0 Å². The minimum Gasteiger partial charge on any atom is -0.366 e. The number of nitrogens with two attached hydrogens (primary N) is 1. The molecule has 0 amide bonds. The Morgan fingerprint density at radius 3 is 3.00 bits per heavy atom. The molecule has 5 heteroatoms. The van der Waals surface area contributed by atoms with Crippen LogP contribution in [0.25, 0.3) is 5.65 Å². The molecule has 2 N–H and O–H groups in total. The van der Waals surface area contributed by atoms with Gasteiger partial charge >= 0.3 is 0 Å². The van der Waals surface area contributed by atoms with Gasteiger partial charge in [0.05, 0.1) is 0 Å². The number of fused-ring (bicyclic) bond motifs is 1. The molecule has 0 unspecified atom stereocenters. The topological polar surface area (TPSA) is 69.1 Å². The molecule has 0 spiro atoms. The Kier molecular flexibility index (Phi) is 2.07. The van der Waals surface area contributed by atoms with Gasteiger partial charge in [0.2, 0.25) is 5.95 Å². The van der Waals surface area contributed by atoms with Gasteiger partial charge in [0, 0.05) is 18.7 Å². The number of anilines is 1. The maximum atomic E-state index is 5.52. The molecule has 2 heterocycles. The van der Waals surface area contributed by atoms with E-state index >= 15 is 0 Å². The molecule has 2 rings (SSSR count). The summed E-state index contributed by atoms with van der Waals surface area (Å²) in [5.41, 5.74) is 6.28. The molecule has 0 aliphatic carbocycles. The van der Waals surface area contributed by atoms with Crippen molar-refractivity contribution in [2.75, 3.05) is 5.73 Å². The third-order valence-corrected chi connectivity index (χ3v) is 1.93. The molecule has 2 aromatic heterocycles. The van der Waals surface area contributed by atoms with Crippen molar-refractivity contribution in [1.29, 1.82) is 0 Å². The summed E-state index contributed by atoms with van der Waals surface area (Å²) in [6.45, 7) is 4.28. The second-order valence-electron chi connectivity index (χ2n) is 3.70. The van der Waals surface area contributed by atoms with E-state index in [0.717, 1.165) is 17.9 Å². The molecule has 0 aliphatic rings. The molecular formula is C9H13N5. The predicted octanol–water partition coefficient (Wildman–Crippen LogP) is 0.905. The summed E-state index contributed by atoms with van der Waals surface area (Å²) < 4.78 is 1.70. The summed E-state index contributed by atoms with van der Waals surface area (Å²) in [7, 11) is 0. The van der Waals surface area contributed by atoms with Crippen LogP contribution in [-0.2, 0) is 6.42 Å². The SMILES string of the molecule is CC(C)Cc1nccc2nc(N)nn12. The van der Waals surface area contributed by atoms with Crippen LogP contribution < -0.4 is 5.73 Å². The maximum absolute atomic E-state index is 5.52. The smallest absolute Gasteiger partial charge is 0.240 e.